The first kappa shape index (κ1) is 9.15. The molecule has 4 heteroatoms. The summed E-state index contributed by atoms with van der Waals surface area (Å²) < 4.78 is 13.8. The summed E-state index contributed by atoms with van der Waals surface area (Å²) in [6.07, 6.45) is 0. The number of thiophene rings is 1. The van der Waals surface area contributed by atoms with Gasteiger partial charge in [-0.25, -0.2) is 9.18 Å². The second-order valence-corrected chi connectivity index (χ2v) is 3.93. The Morgan fingerprint density at radius 2 is 2.29 bits per heavy atom. The molecular formula is C10H7FO2S. The lowest BCUT2D eigenvalue weighted by atomic mass is 10.0. The number of carboxylic acids is 1. The Labute approximate surface area is 83.6 Å². The number of halogens is 1. The lowest BCUT2D eigenvalue weighted by Gasteiger charge is -2.02. The van der Waals surface area contributed by atoms with Gasteiger partial charge in [0.1, 0.15) is 5.82 Å². The van der Waals surface area contributed by atoms with Crippen molar-refractivity contribution in [3.8, 4) is 0 Å². The molecule has 14 heavy (non-hydrogen) atoms. The Hall–Kier alpha value is -1.42. The Morgan fingerprint density at radius 1 is 1.57 bits per heavy atom. The van der Waals surface area contributed by atoms with Crippen LogP contribution < -0.4 is 0 Å². The number of carboxylic acid groups (broad SMARTS) is 1. The van der Waals surface area contributed by atoms with Crippen LogP contribution in [-0.2, 0) is 0 Å². The number of aromatic carboxylic acids is 1. The molecule has 0 amide bonds. The first-order valence-electron chi connectivity index (χ1n) is 4.01. The van der Waals surface area contributed by atoms with E-state index >= 15 is 0 Å². The molecule has 0 saturated carbocycles. The van der Waals surface area contributed by atoms with E-state index in [4.69, 9.17) is 5.11 Å². The lowest BCUT2D eigenvalue weighted by molar-refractivity contribution is 0.0698. The van der Waals surface area contributed by atoms with Gasteiger partial charge in [-0.05, 0) is 30.0 Å². The third-order valence-electron chi connectivity index (χ3n) is 2.10. The molecule has 1 heterocycles. The van der Waals surface area contributed by atoms with Crippen LogP contribution in [0.25, 0.3) is 10.1 Å². The summed E-state index contributed by atoms with van der Waals surface area (Å²) in [6.45, 7) is 1.60. The van der Waals surface area contributed by atoms with Crippen molar-refractivity contribution in [1.82, 2.24) is 0 Å². The normalized spacial score (nSPS) is 10.7. The van der Waals surface area contributed by atoms with Gasteiger partial charge in [0.15, 0.2) is 0 Å². The van der Waals surface area contributed by atoms with Crippen LogP contribution >= 0.6 is 11.3 Å². The molecule has 0 aliphatic carbocycles. The van der Waals surface area contributed by atoms with Crippen LogP contribution in [0.1, 0.15) is 15.9 Å². The zero-order valence-electron chi connectivity index (χ0n) is 7.37. The van der Waals surface area contributed by atoms with Crippen molar-refractivity contribution >= 4 is 27.4 Å². The van der Waals surface area contributed by atoms with E-state index in [2.05, 4.69) is 0 Å². The summed E-state index contributed by atoms with van der Waals surface area (Å²) in [6, 6.07) is 2.90. The highest BCUT2D eigenvalue weighted by atomic mass is 32.1. The molecule has 2 aromatic rings. The number of benzene rings is 1. The van der Waals surface area contributed by atoms with Gasteiger partial charge >= 0.3 is 5.97 Å². The molecule has 0 saturated heterocycles. The molecule has 0 unspecified atom stereocenters. The van der Waals surface area contributed by atoms with Crippen LogP contribution in [0.4, 0.5) is 4.39 Å². The minimum absolute atomic E-state index is 0.197. The highest BCUT2D eigenvalue weighted by Crippen LogP contribution is 2.29. The van der Waals surface area contributed by atoms with Crippen molar-refractivity contribution < 1.29 is 14.3 Å². The number of hydrogen-bond donors (Lipinski definition) is 1. The van der Waals surface area contributed by atoms with Crippen LogP contribution in [0.5, 0.6) is 0 Å². The number of carbonyl (C=O) groups is 1. The van der Waals surface area contributed by atoms with Crippen molar-refractivity contribution in [3.63, 3.8) is 0 Å². The number of aryl methyl sites for hydroxylation is 1. The number of hydrogen-bond acceptors (Lipinski definition) is 2. The van der Waals surface area contributed by atoms with Crippen molar-refractivity contribution in [2.45, 2.75) is 6.92 Å². The molecule has 0 fully saturated rings. The van der Waals surface area contributed by atoms with Gasteiger partial charge in [0.2, 0.25) is 0 Å². The van der Waals surface area contributed by atoms with Gasteiger partial charge in [-0.15, -0.1) is 11.3 Å². The van der Waals surface area contributed by atoms with Gasteiger partial charge in [-0.3, -0.25) is 0 Å². The van der Waals surface area contributed by atoms with Crippen LogP contribution in [0.2, 0.25) is 0 Å². The zero-order valence-corrected chi connectivity index (χ0v) is 8.19. The van der Waals surface area contributed by atoms with E-state index in [0.29, 0.717) is 15.6 Å². The maximum atomic E-state index is 13.3. The summed E-state index contributed by atoms with van der Waals surface area (Å²) in [5.74, 6) is -1.36. The minimum Gasteiger partial charge on any atom is -0.478 e. The Kier molecular flexibility index (Phi) is 2.00. The second kappa shape index (κ2) is 3.06. The van der Waals surface area contributed by atoms with E-state index in [9.17, 15) is 9.18 Å². The largest absolute Gasteiger partial charge is 0.478 e. The molecule has 0 bridgehead atoms. The standard InChI is InChI=1S/C10H7FO2S/c1-5-4-7(11)9-6(2-3-14-9)8(5)10(12)13/h2-4H,1H3,(H,12,13). The second-order valence-electron chi connectivity index (χ2n) is 3.02. The third kappa shape index (κ3) is 1.19. The van der Waals surface area contributed by atoms with E-state index in [1.54, 1.807) is 18.4 Å². The van der Waals surface area contributed by atoms with Crippen molar-refractivity contribution in [2.24, 2.45) is 0 Å². The van der Waals surface area contributed by atoms with E-state index < -0.39 is 5.97 Å². The Balaban J connectivity index is 2.93. The fourth-order valence-corrected chi connectivity index (χ4v) is 2.32. The van der Waals surface area contributed by atoms with Gasteiger partial charge in [0, 0.05) is 5.39 Å². The van der Waals surface area contributed by atoms with Crippen LogP contribution in [0, 0.1) is 12.7 Å². The SMILES string of the molecule is Cc1cc(F)c2sccc2c1C(=O)O. The predicted molar refractivity (Wildman–Crippen MR) is 53.5 cm³/mol. The number of fused-ring (bicyclic) bond motifs is 1. The molecule has 1 aromatic heterocycles. The summed E-state index contributed by atoms with van der Waals surface area (Å²) in [5.41, 5.74) is 0.656. The molecule has 1 N–H and O–H groups in total. The summed E-state index contributed by atoms with van der Waals surface area (Å²) >= 11 is 1.22. The van der Waals surface area contributed by atoms with Crippen LogP contribution in [-0.4, -0.2) is 11.1 Å². The summed E-state index contributed by atoms with van der Waals surface area (Å²) in [4.78, 5) is 10.9. The predicted octanol–water partition coefficient (Wildman–Crippen LogP) is 3.05. The molecular weight excluding hydrogens is 203 g/mol. The fraction of sp³-hybridized carbons (Fsp3) is 0.100. The zero-order chi connectivity index (χ0) is 10.3. The minimum atomic E-state index is -1.01. The van der Waals surface area contributed by atoms with Crippen LogP contribution in [0.15, 0.2) is 17.5 Å². The van der Waals surface area contributed by atoms with Gasteiger partial charge in [-0.2, -0.15) is 0 Å². The van der Waals surface area contributed by atoms with E-state index in [1.807, 2.05) is 0 Å². The third-order valence-corrected chi connectivity index (χ3v) is 3.03. The fourth-order valence-electron chi connectivity index (χ4n) is 1.52. The van der Waals surface area contributed by atoms with E-state index in [0.717, 1.165) is 0 Å². The molecule has 2 nitrogen and oxygen atoms in total. The van der Waals surface area contributed by atoms with Crippen LogP contribution in [0.3, 0.4) is 0 Å². The highest BCUT2D eigenvalue weighted by molar-refractivity contribution is 7.17. The summed E-state index contributed by atoms with van der Waals surface area (Å²) in [5, 5.41) is 11.1. The maximum Gasteiger partial charge on any atom is 0.336 e. The average molecular weight is 210 g/mol. The molecule has 0 atom stereocenters. The van der Waals surface area contributed by atoms with Crippen molar-refractivity contribution in [1.29, 1.82) is 0 Å². The first-order valence-corrected chi connectivity index (χ1v) is 4.89. The molecule has 72 valence electrons. The maximum absolute atomic E-state index is 13.3. The number of rotatable bonds is 1. The molecule has 0 aliphatic heterocycles. The molecule has 0 aliphatic rings. The monoisotopic (exact) mass is 210 g/mol. The van der Waals surface area contributed by atoms with E-state index in [-0.39, 0.29) is 11.4 Å². The highest BCUT2D eigenvalue weighted by Gasteiger charge is 2.15. The van der Waals surface area contributed by atoms with E-state index in [1.165, 1.54) is 17.4 Å². The lowest BCUT2D eigenvalue weighted by Crippen LogP contribution is -2.00. The average Bonchev–Trinajstić information content (AvgIpc) is 2.51. The molecule has 1 aromatic carbocycles. The Morgan fingerprint density at radius 3 is 2.93 bits per heavy atom. The van der Waals surface area contributed by atoms with Crippen molar-refractivity contribution in [2.75, 3.05) is 0 Å². The first-order chi connectivity index (χ1) is 6.61. The molecule has 2 rings (SSSR count). The molecule has 0 radical (unpaired) electrons. The Bertz CT molecular complexity index is 516. The van der Waals surface area contributed by atoms with Gasteiger partial charge in [0.05, 0.1) is 10.3 Å². The topological polar surface area (TPSA) is 37.3 Å². The smallest absolute Gasteiger partial charge is 0.336 e. The van der Waals surface area contributed by atoms with Crippen molar-refractivity contribution in [3.05, 3.63) is 34.5 Å². The van der Waals surface area contributed by atoms with Gasteiger partial charge in [0.25, 0.3) is 0 Å². The summed E-state index contributed by atoms with van der Waals surface area (Å²) in [7, 11) is 0. The molecule has 0 spiro atoms. The van der Waals surface area contributed by atoms with Gasteiger partial charge in [-0.1, -0.05) is 0 Å². The quantitative estimate of drug-likeness (QED) is 0.785. The van der Waals surface area contributed by atoms with Gasteiger partial charge < -0.3 is 5.11 Å².